The molecule has 0 saturated heterocycles. The van der Waals surface area contributed by atoms with E-state index in [1.54, 1.807) is 4.68 Å². The van der Waals surface area contributed by atoms with Crippen LogP contribution in [0.25, 0.3) is 16.6 Å². The molecule has 0 saturated carbocycles. The molecule has 1 N–H and O–H groups in total. The highest BCUT2D eigenvalue weighted by molar-refractivity contribution is 5.91. The monoisotopic (exact) mass is 387 g/mol. The summed E-state index contributed by atoms with van der Waals surface area (Å²) in [4.78, 5) is 25.5. The quantitative estimate of drug-likeness (QED) is 0.583. The Bertz CT molecular complexity index is 1270. The lowest BCUT2D eigenvalue weighted by Crippen LogP contribution is -2.30. The van der Waals surface area contributed by atoms with Gasteiger partial charge in [0.25, 0.3) is 5.56 Å². The lowest BCUT2D eigenvalue weighted by Gasteiger charge is -2.09. The molecule has 2 heterocycles. The predicted molar refractivity (Wildman–Crippen MR) is 112 cm³/mol. The Morgan fingerprint density at radius 1 is 0.966 bits per heavy atom. The Balaban J connectivity index is 1.71. The minimum atomic E-state index is -0.386. The highest BCUT2D eigenvalue weighted by Crippen LogP contribution is 2.21. The lowest BCUT2D eigenvalue weighted by molar-refractivity contribution is -0.117. The minimum Gasteiger partial charge on any atom is -0.324 e. The topological polar surface area (TPSA) is 81.8 Å². The maximum absolute atomic E-state index is 13.0. The number of carbonyl (C=O) groups excluding carboxylic acids is 1. The van der Waals surface area contributed by atoms with Crippen LogP contribution >= 0.6 is 0 Å². The molecule has 0 radical (unpaired) electrons. The first-order valence-electron chi connectivity index (χ1n) is 9.33. The average Bonchev–Trinajstić information content (AvgIpc) is 3.06. The first-order valence-corrected chi connectivity index (χ1v) is 9.33. The van der Waals surface area contributed by atoms with Crippen molar-refractivity contribution in [2.24, 2.45) is 0 Å². The van der Waals surface area contributed by atoms with Crippen molar-refractivity contribution in [3.8, 4) is 5.69 Å². The van der Waals surface area contributed by atoms with Crippen LogP contribution in [0.3, 0.4) is 0 Å². The molecule has 0 aliphatic heterocycles. The number of para-hydroxylation sites is 2. The normalized spacial score (nSPS) is 11.0. The third kappa shape index (κ3) is 3.42. The van der Waals surface area contributed by atoms with Crippen LogP contribution in [0.5, 0.6) is 0 Å². The molecule has 0 unspecified atom stereocenters. The Kier molecular flexibility index (Phi) is 4.72. The number of benzene rings is 2. The largest absolute Gasteiger partial charge is 0.324 e. The van der Waals surface area contributed by atoms with Crippen molar-refractivity contribution >= 4 is 22.5 Å². The van der Waals surface area contributed by atoms with E-state index < -0.39 is 0 Å². The second-order valence-electron chi connectivity index (χ2n) is 6.97. The zero-order valence-corrected chi connectivity index (χ0v) is 16.5. The van der Waals surface area contributed by atoms with E-state index in [9.17, 15) is 9.59 Å². The molecule has 0 spiro atoms. The molecule has 0 aliphatic carbocycles. The molecule has 4 aromatic rings. The molecule has 146 valence electrons. The van der Waals surface area contributed by atoms with E-state index in [4.69, 9.17) is 0 Å². The smallest absolute Gasteiger partial charge is 0.295 e. The summed E-state index contributed by atoms with van der Waals surface area (Å²) >= 11 is 0. The van der Waals surface area contributed by atoms with Crippen molar-refractivity contribution < 1.29 is 4.79 Å². The molecular formula is C22H21N5O2. The van der Waals surface area contributed by atoms with E-state index >= 15 is 0 Å². The predicted octanol–water partition coefficient (Wildman–Crippen LogP) is 3.15. The minimum absolute atomic E-state index is 0.179. The molecule has 7 heteroatoms. The van der Waals surface area contributed by atoms with Gasteiger partial charge in [-0.2, -0.15) is 10.2 Å². The van der Waals surface area contributed by atoms with Crippen LogP contribution in [0, 0.1) is 20.8 Å². The average molecular weight is 387 g/mol. The maximum Gasteiger partial charge on any atom is 0.295 e. The number of aryl methyl sites for hydroxylation is 3. The van der Waals surface area contributed by atoms with Gasteiger partial charge in [0, 0.05) is 5.69 Å². The first kappa shape index (κ1) is 18.6. The maximum atomic E-state index is 13.0. The van der Waals surface area contributed by atoms with Crippen molar-refractivity contribution in [2.45, 2.75) is 27.3 Å². The van der Waals surface area contributed by atoms with E-state index in [0.29, 0.717) is 16.9 Å². The Hall–Kier alpha value is -3.74. The number of nitrogens with zero attached hydrogens (tertiary/aromatic N) is 4. The van der Waals surface area contributed by atoms with Crippen molar-refractivity contribution in [2.75, 3.05) is 5.32 Å². The van der Waals surface area contributed by atoms with Crippen LogP contribution in [-0.2, 0) is 11.3 Å². The summed E-state index contributed by atoms with van der Waals surface area (Å²) < 4.78 is 2.91. The van der Waals surface area contributed by atoms with Gasteiger partial charge < -0.3 is 5.32 Å². The highest BCUT2D eigenvalue weighted by atomic mass is 16.2. The molecule has 2 aromatic carbocycles. The number of anilines is 1. The summed E-state index contributed by atoms with van der Waals surface area (Å²) in [5.41, 5.74) is 3.94. The van der Waals surface area contributed by atoms with Gasteiger partial charge in [-0.05, 0) is 44.5 Å². The molecule has 4 rings (SSSR count). The molecule has 2 aromatic heterocycles. The number of amides is 1. The van der Waals surface area contributed by atoms with Gasteiger partial charge in [0.2, 0.25) is 5.91 Å². The fraction of sp³-hybridized carbons (Fsp3) is 0.182. The van der Waals surface area contributed by atoms with Gasteiger partial charge in [0.05, 0.1) is 22.5 Å². The van der Waals surface area contributed by atoms with Gasteiger partial charge in [-0.25, -0.2) is 9.36 Å². The standard InChI is InChI=1S/C22H21N5O2/c1-14-9-7-8-12-18(14)23-19(28)13-26-22(29)21-20(15(2)24-26)16(3)27(25-21)17-10-5-4-6-11-17/h4-12H,13H2,1-3H3,(H,23,28). The van der Waals surface area contributed by atoms with Gasteiger partial charge in [-0.3, -0.25) is 9.59 Å². The molecule has 0 atom stereocenters. The van der Waals surface area contributed by atoms with Crippen LogP contribution in [0.15, 0.2) is 59.4 Å². The summed E-state index contributed by atoms with van der Waals surface area (Å²) in [6.07, 6.45) is 0. The van der Waals surface area contributed by atoms with Crippen molar-refractivity contribution in [3.05, 3.63) is 81.9 Å². The van der Waals surface area contributed by atoms with E-state index in [1.807, 2.05) is 75.4 Å². The molecule has 7 nitrogen and oxygen atoms in total. The summed E-state index contributed by atoms with van der Waals surface area (Å²) in [6, 6.07) is 17.1. The zero-order chi connectivity index (χ0) is 20.5. The van der Waals surface area contributed by atoms with Crippen LogP contribution in [0.2, 0.25) is 0 Å². The van der Waals surface area contributed by atoms with E-state index in [1.165, 1.54) is 4.68 Å². The molecular weight excluding hydrogens is 366 g/mol. The van der Waals surface area contributed by atoms with E-state index in [0.717, 1.165) is 22.3 Å². The van der Waals surface area contributed by atoms with Gasteiger partial charge >= 0.3 is 0 Å². The van der Waals surface area contributed by atoms with Crippen molar-refractivity contribution in [1.29, 1.82) is 0 Å². The van der Waals surface area contributed by atoms with Crippen LogP contribution < -0.4 is 10.9 Å². The van der Waals surface area contributed by atoms with Crippen molar-refractivity contribution in [3.63, 3.8) is 0 Å². The molecule has 0 bridgehead atoms. The Morgan fingerprint density at radius 2 is 1.66 bits per heavy atom. The van der Waals surface area contributed by atoms with Crippen LogP contribution in [0.1, 0.15) is 17.0 Å². The molecule has 29 heavy (non-hydrogen) atoms. The number of rotatable bonds is 4. The summed E-state index contributed by atoms with van der Waals surface area (Å²) in [5.74, 6) is -0.313. The fourth-order valence-corrected chi connectivity index (χ4v) is 3.45. The number of carbonyl (C=O) groups is 1. The van der Waals surface area contributed by atoms with Gasteiger partial charge in [-0.1, -0.05) is 36.4 Å². The number of hydrogen-bond acceptors (Lipinski definition) is 4. The third-order valence-corrected chi connectivity index (χ3v) is 4.90. The summed E-state index contributed by atoms with van der Waals surface area (Å²) in [5, 5.41) is 12.4. The first-order chi connectivity index (χ1) is 14.0. The number of nitrogens with one attached hydrogen (secondary N) is 1. The second kappa shape index (κ2) is 7.35. The zero-order valence-electron chi connectivity index (χ0n) is 16.5. The SMILES string of the molecule is Cc1ccccc1NC(=O)Cn1nc(C)c2c(C)n(-c3ccccc3)nc2c1=O. The van der Waals surface area contributed by atoms with Crippen molar-refractivity contribution in [1.82, 2.24) is 19.6 Å². The Labute approximate surface area is 167 Å². The fourth-order valence-electron chi connectivity index (χ4n) is 3.45. The van der Waals surface area contributed by atoms with E-state index in [-0.39, 0.29) is 18.0 Å². The number of hydrogen-bond donors (Lipinski definition) is 1. The van der Waals surface area contributed by atoms with Gasteiger partial charge in [-0.15, -0.1) is 0 Å². The number of fused-ring (bicyclic) bond motifs is 1. The van der Waals surface area contributed by atoms with Crippen LogP contribution in [0.4, 0.5) is 5.69 Å². The van der Waals surface area contributed by atoms with Crippen LogP contribution in [-0.4, -0.2) is 25.5 Å². The lowest BCUT2D eigenvalue weighted by atomic mass is 10.2. The van der Waals surface area contributed by atoms with Gasteiger partial charge in [0.15, 0.2) is 5.52 Å². The van der Waals surface area contributed by atoms with Gasteiger partial charge in [0.1, 0.15) is 6.54 Å². The molecule has 1 amide bonds. The number of aromatic nitrogens is 4. The highest BCUT2D eigenvalue weighted by Gasteiger charge is 2.18. The Morgan fingerprint density at radius 3 is 2.38 bits per heavy atom. The molecule has 0 aliphatic rings. The summed E-state index contributed by atoms with van der Waals surface area (Å²) in [6.45, 7) is 5.46. The molecule has 0 fully saturated rings. The second-order valence-corrected chi connectivity index (χ2v) is 6.97. The third-order valence-electron chi connectivity index (χ3n) is 4.90. The summed E-state index contributed by atoms with van der Waals surface area (Å²) in [7, 11) is 0. The van der Waals surface area contributed by atoms with E-state index in [2.05, 4.69) is 15.5 Å².